The van der Waals surface area contributed by atoms with Crippen LogP contribution in [0.5, 0.6) is 5.75 Å². The number of halogens is 1. The predicted octanol–water partition coefficient (Wildman–Crippen LogP) is 3.12. The van der Waals surface area contributed by atoms with Crippen LogP contribution in [0, 0.1) is 0 Å². The van der Waals surface area contributed by atoms with Gasteiger partial charge in [0.05, 0.1) is 12.3 Å². The molecule has 0 saturated heterocycles. The molecule has 1 aromatic carbocycles. The summed E-state index contributed by atoms with van der Waals surface area (Å²) < 4.78 is 5.75. The Morgan fingerprint density at radius 3 is 3.06 bits per heavy atom. The number of rotatable bonds is 1. The Morgan fingerprint density at radius 1 is 1.24 bits per heavy atom. The lowest BCUT2D eigenvalue weighted by Crippen LogP contribution is -2.09. The Balaban J connectivity index is 2.14. The molecule has 0 amide bonds. The van der Waals surface area contributed by atoms with Crippen molar-refractivity contribution in [1.29, 1.82) is 0 Å². The average Bonchev–Trinajstić information content (AvgIpc) is 2.38. The van der Waals surface area contributed by atoms with Crippen LogP contribution in [-0.2, 0) is 6.42 Å². The fraction of sp³-hybridized carbons (Fsp3) is 0.231. The van der Waals surface area contributed by atoms with Gasteiger partial charge in [0.2, 0.25) is 0 Å². The minimum atomic E-state index is 0.448. The number of nitrogens with zero attached hydrogens (tertiary/aromatic N) is 2. The maximum Gasteiger partial charge on any atom is 0.133 e. The van der Waals surface area contributed by atoms with Crippen molar-refractivity contribution in [1.82, 2.24) is 9.97 Å². The van der Waals surface area contributed by atoms with Crippen molar-refractivity contribution in [3.05, 3.63) is 41.3 Å². The normalized spacial score (nSPS) is 13.9. The van der Waals surface area contributed by atoms with Crippen molar-refractivity contribution < 1.29 is 4.74 Å². The molecule has 0 saturated carbocycles. The number of benzene rings is 1. The third kappa shape index (κ3) is 1.98. The largest absolute Gasteiger partial charge is 0.493 e. The Kier molecular flexibility index (Phi) is 2.69. The number of aromatic nitrogens is 2. The summed E-state index contributed by atoms with van der Waals surface area (Å²) in [6.45, 7) is 0.767. The molecule has 3 nitrogen and oxygen atoms in total. The van der Waals surface area contributed by atoms with Crippen LogP contribution in [0.4, 0.5) is 0 Å². The van der Waals surface area contributed by atoms with E-state index >= 15 is 0 Å². The van der Waals surface area contributed by atoms with Gasteiger partial charge in [-0.15, -0.1) is 0 Å². The molecule has 4 heteroatoms. The summed E-state index contributed by atoms with van der Waals surface area (Å²) in [5.74, 6) is 0.938. The van der Waals surface area contributed by atoms with Gasteiger partial charge in [0.15, 0.2) is 0 Å². The number of ether oxygens (including phenoxy) is 1. The van der Waals surface area contributed by atoms with E-state index in [1.54, 1.807) is 6.07 Å². The summed E-state index contributed by atoms with van der Waals surface area (Å²) >= 11 is 5.89. The van der Waals surface area contributed by atoms with Gasteiger partial charge in [-0.05, 0) is 24.5 Å². The SMILES string of the molecule is Clc1cc(-c2cccc3c2OCCC3)ncn1. The number of hydrogen-bond acceptors (Lipinski definition) is 3. The number of hydrogen-bond donors (Lipinski definition) is 0. The number of aryl methyl sites for hydroxylation is 1. The molecule has 17 heavy (non-hydrogen) atoms. The van der Waals surface area contributed by atoms with Crippen LogP contribution in [0.1, 0.15) is 12.0 Å². The third-order valence-electron chi connectivity index (χ3n) is 2.84. The first kappa shape index (κ1) is 10.5. The second-order valence-corrected chi connectivity index (χ2v) is 4.36. The van der Waals surface area contributed by atoms with E-state index in [1.165, 1.54) is 11.9 Å². The highest BCUT2D eigenvalue weighted by Crippen LogP contribution is 2.35. The minimum Gasteiger partial charge on any atom is -0.493 e. The summed E-state index contributed by atoms with van der Waals surface area (Å²) in [6, 6.07) is 7.89. The molecule has 0 spiro atoms. The van der Waals surface area contributed by atoms with Crippen molar-refractivity contribution in [3.8, 4) is 17.0 Å². The van der Waals surface area contributed by atoms with Gasteiger partial charge < -0.3 is 4.74 Å². The summed E-state index contributed by atoms with van der Waals surface area (Å²) in [6.07, 6.45) is 3.60. The van der Waals surface area contributed by atoms with E-state index in [2.05, 4.69) is 16.0 Å². The van der Waals surface area contributed by atoms with E-state index in [-0.39, 0.29) is 0 Å². The third-order valence-corrected chi connectivity index (χ3v) is 3.05. The molecule has 0 N–H and O–H groups in total. The van der Waals surface area contributed by atoms with Crippen molar-refractivity contribution in [2.45, 2.75) is 12.8 Å². The Hall–Kier alpha value is -1.61. The fourth-order valence-electron chi connectivity index (χ4n) is 2.07. The van der Waals surface area contributed by atoms with Crippen molar-refractivity contribution in [2.75, 3.05) is 6.61 Å². The highest BCUT2D eigenvalue weighted by atomic mass is 35.5. The smallest absolute Gasteiger partial charge is 0.133 e. The van der Waals surface area contributed by atoms with Gasteiger partial charge in [0.25, 0.3) is 0 Å². The highest BCUT2D eigenvalue weighted by Gasteiger charge is 2.16. The van der Waals surface area contributed by atoms with Crippen LogP contribution in [0.3, 0.4) is 0 Å². The Labute approximate surface area is 104 Å². The summed E-state index contributed by atoms with van der Waals surface area (Å²) in [5.41, 5.74) is 3.04. The monoisotopic (exact) mass is 246 g/mol. The predicted molar refractivity (Wildman–Crippen MR) is 66.3 cm³/mol. The molecule has 0 bridgehead atoms. The van der Waals surface area contributed by atoms with Gasteiger partial charge in [-0.2, -0.15) is 0 Å². The first-order valence-corrected chi connectivity index (χ1v) is 5.95. The highest BCUT2D eigenvalue weighted by molar-refractivity contribution is 6.29. The first-order valence-electron chi connectivity index (χ1n) is 5.57. The fourth-order valence-corrected chi connectivity index (χ4v) is 2.22. The number of fused-ring (bicyclic) bond motifs is 1. The lowest BCUT2D eigenvalue weighted by molar-refractivity contribution is 0.289. The molecule has 0 atom stereocenters. The number of para-hydroxylation sites is 1. The molecule has 1 aromatic heterocycles. The summed E-state index contributed by atoms with van der Waals surface area (Å²) in [5, 5.41) is 0.448. The quantitative estimate of drug-likeness (QED) is 0.725. The topological polar surface area (TPSA) is 35.0 Å². The van der Waals surface area contributed by atoms with Gasteiger partial charge >= 0.3 is 0 Å². The lowest BCUT2D eigenvalue weighted by Gasteiger charge is -2.19. The second-order valence-electron chi connectivity index (χ2n) is 3.97. The molecule has 0 radical (unpaired) electrons. The van der Waals surface area contributed by atoms with Crippen LogP contribution >= 0.6 is 11.6 Å². The molecule has 2 heterocycles. The van der Waals surface area contributed by atoms with E-state index in [4.69, 9.17) is 16.3 Å². The van der Waals surface area contributed by atoms with E-state index in [0.29, 0.717) is 5.15 Å². The Bertz CT molecular complexity index is 557. The zero-order valence-corrected chi connectivity index (χ0v) is 9.94. The van der Waals surface area contributed by atoms with Gasteiger partial charge in [-0.25, -0.2) is 9.97 Å². The lowest BCUT2D eigenvalue weighted by atomic mass is 10.0. The van der Waals surface area contributed by atoms with Crippen molar-refractivity contribution >= 4 is 11.6 Å². The van der Waals surface area contributed by atoms with Gasteiger partial charge in [-0.1, -0.05) is 23.7 Å². The average molecular weight is 247 g/mol. The molecular weight excluding hydrogens is 236 g/mol. The molecule has 1 aliphatic heterocycles. The maximum absolute atomic E-state index is 5.89. The van der Waals surface area contributed by atoms with Crippen LogP contribution in [0.2, 0.25) is 5.15 Å². The summed E-state index contributed by atoms with van der Waals surface area (Å²) in [7, 11) is 0. The first-order chi connectivity index (χ1) is 8.34. The Morgan fingerprint density at radius 2 is 2.18 bits per heavy atom. The second kappa shape index (κ2) is 4.34. The molecule has 86 valence electrons. The van der Waals surface area contributed by atoms with Gasteiger partial charge in [0.1, 0.15) is 17.2 Å². The van der Waals surface area contributed by atoms with Crippen LogP contribution in [-0.4, -0.2) is 16.6 Å². The zero-order chi connectivity index (χ0) is 11.7. The molecule has 0 aliphatic carbocycles. The molecular formula is C13H11ClN2O. The van der Waals surface area contributed by atoms with Crippen molar-refractivity contribution in [2.24, 2.45) is 0 Å². The zero-order valence-electron chi connectivity index (χ0n) is 9.19. The standard InChI is InChI=1S/C13H11ClN2O/c14-12-7-11(15-8-16-12)10-5-1-3-9-4-2-6-17-13(9)10/h1,3,5,7-8H,2,4,6H2. The van der Waals surface area contributed by atoms with E-state index in [0.717, 1.165) is 36.5 Å². The van der Waals surface area contributed by atoms with Crippen LogP contribution < -0.4 is 4.74 Å². The van der Waals surface area contributed by atoms with E-state index in [1.807, 2.05) is 12.1 Å². The molecule has 1 aliphatic rings. The summed E-state index contributed by atoms with van der Waals surface area (Å²) in [4.78, 5) is 8.13. The van der Waals surface area contributed by atoms with Crippen LogP contribution in [0.15, 0.2) is 30.6 Å². The van der Waals surface area contributed by atoms with Gasteiger partial charge in [-0.3, -0.25) is 0 Å². The molecule has 2 aromatic rings. The minimum absolute atomic E-state index is 0.448. The molecule has 3 rings (SSSR count). The van der Waals surface area contributed by atoms with Crippen LogP contribution in [0.25, 0.3) is 11.3 Å². The van der Waals surface area contributed by atoms with Gasteiger partial charge in [0, 0.05) is 11.6 Å². The molecule has 0 fully saturated rings. The van der Waals surface area contributed by atoms with Crippen molar-refractivity contribution in [3.63, 3.8) is 0 Å². The van der Waals surface area contributed by atoms with E-state index < -0.39 is 0 Å². The van der Waals surface area contributed by atoms with E-state index in [9.17, 15) is 0 Å². The maximum atomic E-state index is 5.89. The molecule has 0 unspecified atom stereocenters.